The maximum absolute atomic E-state index is 13.6. The Balaban J connectivity index is 1.43. The van der Waals surface area contributed by atoms with E-state index < -0.39 is 11.9 Å². The largest absolute Gasteiger partial charge is 0.490 e. The summed E-state index contributed by atoms with van der Waals surface area (Å²) in [6.45, 7) is 2.90. The lowest BCUT2D eigenvalue weighted by molar-refractivity contribution is -0.137. The smallest absolute Gasteiger partial charge is 0.305 e. The molecule has 3 aromatic carbocycles. The lowest BCUT2D eigenvalue weighted by Gasteiger charge is -2.44. The summed E-state index contributed by atoms with van der Waals surface area (Å²) < 4.78 is 13.2. The van der Waals surface area contributed by atoms with Gasteiger partial charge in [-0.05, 0) is 82.6 Å². The molecule has 6 rings (SSSR count). The number of hydrogen-bond donors (Lipinski definition) is 1. The van der Waals surface area contributed by atoms with Crippen LogP contribution in [0.25, 0.3) is 10.8 Å². The van der Waals surface area contributed by atoms with Crippen LogP contribution in [0.2, 0.25) is 0 Å². The number of Topliss-reactive ketones (excluding diaryl/α,β-unsaturated/α-hetero) is 2. The number of allylic oxidation sites excluding steroid dienone is 4. The number of rotatable bonds is 9. The van der Waals surface area contributed by atoms with E-state index in [0.717, 1.165) is 33.3 Å². The van der Waals surface area contributed by atoms with Crippen LogP contribution < -0.4 is 9.47 Å². The van der Waals surface area contributed by atoms with Gasteiger partial charge < -0.3 is 19.5 Å². The molecule has 0 atom stereocenters. The number of fused-ring (bicyclic) bond motifs is 1. The fourth-order valence-corrected chi connectivity index (χ4v) is 7.33. The minimum atomic E-state index is -0.903. The Labute approximate surface area is 259 Å². The van der Waals surface area contributed by atoms with Crippen LogP contribution in [0, 0.1) is 0 Å². The van der Waals surface area contributed by atoms with Crippen LogP contribution in [-0.4, -0.2) is 40.7 Å². The third-order valence-electron chi connectivity index (χ3n) is 8.55. The summed E-state index contributed by atoms with van der Waals surface area (Å²) in [7, 11) is 0. The number of carboxylic acids is 1. The van der Waals surface area contributed by atoms with Gasteiger partial charge in [0.2, 0.25) is 0 Å². The average molecular weight is 645 g/mol. The van der Waals surface area contributed by atoms with Gasteiger partial charge in [0.15, 0.2) is 23.1 Å². The summed E-state index contributed by atoms with van der Waals surface area (Å²) in [6.07, 6.45) is 3.51. The summed E-state index contributed by atoms with van der Waals surface area (Å²) in [4.78, 5) is 40.7. The van der Waals surface area contributed by atoms with Gasteiger partial charge in [0, 0.05) is 47.8 Å². The molecule has 0 unspecified atom stereocenters. The molecule has 3 aromatic rings. The van der Waals surface area contributed by atoms with Gasteiger partial charge in [0.05, 0.1) is 17.5 Å². The second kappa shape index (κ2) is 12.4. The van der Waals surface area contributed by atoms with Crippen LogP contribution in [0.4, 0.5) is 0 Å². The summed E-state index contributed by atoms with van der Waals surface area (Å²) in [6, 6.07) is 18.2. The molecule has 1 aliphatic heterocycles. The van der Waals surface area contributed by atoms with Crippen molar-refractivity contribution in [3.05, 3.63) is 92.7 Å². The molecule has 43 heavy (non-hydrogen) atoms. The van der Waals surface area contributed by atoms with Crippen molar-refractivity contribution in [2.45, 2.75) is 64.4 Å². The molecule has 1 N–H and O–H groups in total. The monoisotopic (exact) mass is 643 g/mol. The molecule has 0 radical (unpaired) electrons. The summed E-state index contributed by atoms with van der Waals surface area (Å²) in [5.74, 6) is -0.305. The van der Waals surface area contributed by atoms with Gasteiger partial charge in [-0.2, -0.15) is 0 Å². The Hall–Kier alpha value is -3.91. The van der Waals surface area contributed by atoms with Gasteiger partial charge in [0.1, 0.15) is 6.61 Å². The Morgan fingerprint density at radius 2 is 1.60 bits per heavy atom. The molecule has 0 amide bonds. The average Bonchev–Trinajstić information content (AvgIpc) is 2.99. The Bertz CT molecular complexity index is 1640. The molecule has 222 valence electrons. The standard InChI is InChI=1S/C35H34BrNO6/c1-2-42-30-19-23(18-25(36)35(30)43-20-22-10-5-9-21-8-3-4-11-24(21)22)32-33-26(12-6-14-28(33)38)37(17-16-31(40)41)27-13-7-15-29(39)34(27)32/h3-5,8-11,18-19,32H,2,6-7,12-17,20H2,1H3,(H,40,41). The predicted molar refractivity (Wildman–Crippen MR) is 167 cm³/mol. The van der Waals surface area contributed by atoms with Crippen molar-refractivity contribution >= 4 is 44.2 Å². The van der Waals surface area contributed by atoms with Crippen molar-refractivity contribution in [1.82, 2.24) is 4.90 Å². The number of halogens is 1. The van der Waals surface area contributed by atoms with Gasteiger partial charge in [-0.15, -0.1) is 0 Å². The van der Waals surface area contributed by atoms with Crippen LogP contribution in [0.3, 0.4) is 0 Å². The molecule has 0 aromatic heterocycles. The highest BCUT2D eigenvalue weighted by Gasteiger charge is 2.43. The summed E-state index contributed by atoms with van der Waals surface area (Å²) in [5, 5.41) is 11.7. The lowest BCUT2D eigenvalue weighted by Crippen LogP contribution is -2.39. The minimum absolute atomic E-state index is 0.0156. The minimum Gasteiger partial charge on any atom is -0.490 e. The van der Waals surface area contributed by atoms with Gasteiger partial charge >= 0.3 is 5.97 Å². The van der Waals surface area contributed by atoms with E-state index in [9.17, 15) is 19.5 Å². The van der Waals surface area contributed by atoms with Gasteiger partial charge in [0.25, 0.3) is 0 Å². The normalized spacial score (nSPS) is 17.3. The van der Waals surface area contributed by atoms with Crippen molar-refractivity contribution < 1.29 is 29.0 Å². The molecule has 0 fully saturated rings. The first kappa shape index (κ1) is 29.2. The van der Waals surface area contributed by atoms with E-state index >= 15 is 0 Å². The fourth-order valence-electron chi connectivity index (χ4n) is 6.75. The van der Waals surface area contributed by atoms with Crippen LogP contribution in [0.15, 0.2) is 81.6 Å². The third-order valence-corrected chi connectivity index (χ3v) is 9.14. The van der Waals surface area contributed by atoms with Gasteiger partial charge in [-0.25, -0.2) is 0 Å². The highest BCUT2D eigenvalue weighted by molar-refractivity contribution is 9.10. The Morgan fingerprint density at radius 3 is 2.28 bits per heavy atom. The van der Waals surface area contributed by atoms with Gasteiger partial charge in [-0.1, -0.05) is 42.5 Å². The van der Waals surface area contributed by atoms with Crippen molar-refractivity contribution in [2.75, 3.05) is 13.2 Å². The second-order valence-electron chi connectivity index (χ2n) is 11.2. The number of ketones is 2. The first-order chi connectivity index (χ1) is 20.9. The van der Waals surface area contributed by atoms with Crippen LogP contribution in [0.1, 0.15) is 68.9 Å². The Kier molecular flexibility index (Phi) is 8.39. The predicted octanol–water partition coefficient (Wildman–Crippen LogP) is 7.47. The second-order valence-corrected chi connectivity index (χ2v) is 12.0. The molecular formula is C35H34BrNO6. The van der Waals surface area contributed by atoms with E-state index in [-0.39, 0.29) is 24.5 Å². The molecular weight excluding hydrogens is 610 g/mol. The molecule has 8 heteroatoms. The molecule has 0 saturated carbocycles. The highest BCUT2D eigenvalue weighted by atomic mass is 79.9. The van der Waals surface area contributed by atoms with Crippen molar-refractivity contribution in [1.29, 1.82) is 0 Å². The van der Waals surface area contributed by atoms with E-state index in [0.29, 0.717) is 78.9 Å². The molecule has 1 heterocycles. The fraction of sp³-hybridized carbons (Fsp3) is 0.343. The van der Waals surface area contributed by atoms with Crippen LogP contribution in [-0.2, 0) is 21.0 Å². The maximum atomic E-state index is 13.6. The molecule has 7 nitrogen and oxygen atoms in total. The SMILES string of the molecule is CCOc1cc(C2C3=C(CCCC3=O)N(CCC(=O)O)C3=C2C(=O)CCC3)cc(Br)c1OCc1cccc2ccccc12. The van der Waals surface area contributed by atoms with Crippen LogP contribution in [0.5, 0.6) is 11.5 Å². The quantitative estimate of drug-likeness (QED) is 0.258. The number of benzene rings is 3. The number of carbonyl (C=O) groups excluding carboxylic acids is 2. The van der Waals surface area contributed by atoms with Crippen molar-refractivity contribution in [3.63, 3.8) is 0 Å². The van der Waals surface area contributed by atoms with E-state index in [2.05, 4.69) is 40.2 Å². The maximum Gasteiger partial charge on any atom is 0.305 e. The highest BCUT2D eigenvalue weighted by Crippen LogP contribution is 2.51. The number of carboxylic acid groups (broad SMARTS) is 1. The molecule has 0 bridgehead atoms. The molecule has 0 spiro atoms. The van der Waals surface area contributed by atoms with Crippen molar-refractivity contribution in [3.8, 4) is 11.5 Å². The number of carbonyl (C=O) groups is 3. The number of ether oxygens (including phenoxy) is 2. The molecule has 3 aliphatic rings. The van der Waals surface area contributed by atoms with E-state index in [1.165, 1.54) is 0 Å². The first-order valence-electron chi connectivity index (χ1n) is 14.9. The van der Waals surface area contributed by atoms with Crippen LogP contribution >= 0.6 is 15.9 Å². The number of nitrogens with zero attached hydrogens (tertiary/aromatic N) is 1. The first-order valence-corrected chi connectivity index (χ1v) is 15.7. The van der Waals surface area contributed by atoms with Gasteiger partial charge in [-0.3, -0.25) is 14.4 Å². The Morgan fingerprint density at radius 1 is 0.930 bits per heavy atom. The van der Waals surface area contributed by atoms with Crippen molar-refractivity contribution in [2.24, 2.45) is 0 Å². The zero-order chi connectivity index (χ0) is 30.1. The number of aliphatic carboxylic acids is 1. The molecule has 0 saturated heterocycles. The summed E-state index contributed by atoms with van der Waals surface area (Å²) >= 11 is 3.73. The van der Waals surface area contributed by atoms with E-state index in [1.807, 2.05) is 42.2 Å². The third kappa shape index (κ3) is 5.60. The topological polar surface area (TPSA) is 93.1 Å². The number of hydrogen-bond acceptors (Lipinski definition) is 6. The zero-order valence-corrected chi connectivity index (χ0v) is 25.7. The van der Waals surface area contributed by atoms with E-state index in [4.69, 9.17) is 9.47 Å². The zero-order valence-electron chi connectivity index (χ0n) is 24.2. The molecule has 2 aliphatic carbocycles. The summed E-state index contributed by atoms with van der Waals surface area (Å²) in [5.41, 5.74) is 4.79. The lowest BCUT2D eigenvalue weighted by atomic mass is 9.71. The van der Waals surface area contributed by atoms with E-state index in [1.54, 1.807) is 0 Å².